The minimum atomic E-state index is -0.554. The van der Waals surface area contributed by atoms with Crippen molar-refractivity contribution in [3.8, 4) is 5.75 Å². The van der Waals surface area contributed by atoms with Gasteiger partial charge in [-0.3, -0.25) is 14.5 Å². The standard InChI is InChI=1S/C26H32ClN3O3S/c1-3-5-6-7-8-17-30-24(31)18-23(34-26(30)29-21-11-9-19(27)10-12-21)25(32)28-20-13-15-22(16-14-20)33-4-2/h9-16,23H,3-8,17-18H2,1-2H3,(H,28,32). The lowest BCUT2D eigenvalue weighted by atomic mass is 10.1. The van der Waals surface area contributed by atoms with Gasteiger partial charge in [0.1, 0.15) is 11.0 Å². The summed E-state index contributed by atoms with van der Waals surface area (Å²) >= 11 is 7.34. The molecule has 1 atom stereocenters. The summed E-state index contributed by atoms with van der Waals surface area (Å²) in [6, 6.07) is 14.4. The molecule has 1 aliphatic rings. The van der Waals surface area contributed by atoms with Crippen LogP contribution in [0.3, 0.4) is 0 Å². The number of aliphatic imine (C=N–C) groups is 1. The van der Waals surface area contributed by atoms with E-state index in [9.17, 15) is 9.59 Å². The maximum Gasteiger partial charge on any atom is 0.238 e. The largest absolute Gasteiger partial charge is 0.494 e. The Morgan fingerprint density at radius 3 is 2.47 bits per heavy atom. The van der Waals surface area contributed by atoms with E-state index in [-0.39, 0.29) is 18.2 Å². The Kier molecular flexibility index (Phi) is 10.3. The Morgan fingerprint density at radius 1 is 1.09 bits per heavy atom. The van der Waals surface area contributed by atoms with Gasteiger partial charge in [-0.25, -0.2) is 4.99 Å². The molecule has 3 rings (SSSR count). The molecule has 34 heavy (non-hydrogen) atoms. The Labute approximate surface area is 211 Å². The number of hydrogen-bond donors (Lipinski definition) is 1. The molecule has 0 saturated carbocycles. The monoisotopic (exact) mass is 501 g/mol. The van der Waals surface area contributed by atoms with Gasteiger partial charge in [-0.05, 0) is 61.9 Å². The second-order valence-electron chi connectivity index (χ2n) is 8.09. The Hall–Kier alpha value is -2.51. The summed E-state index contributed by atoms with van der Waals surface area (Å²) in [6.07, 6.45) is 5.65. The first kappa shape index (κ1) is 26.1. The normalized spacial score (nSPS) is 17.1. The van der Waals surface area contributed by atoms with Gasteiger partial charge in [0.15, 0.2) is 5.17 Å². The summed E-state index contributed by atoms with van der Waals surface area (Å²) < 4.78 is 5.45. The molecule has 1 aliphatic heterocycles. The van der Waals surface area contributed by atoms with Gasteiger partial charge in [-0.15, -0.1) is 0 Å². The number of rotatable bonds is 11. The minimum absolute atomic E-state index is 0.0752. The highest BCUT2D eigenvalue weighted by Gasteiger charge is 2.35. The molecule has 1 fully saturated rings. The summed E-state index contributed by atoms with van der Waals surface area (Å²) in [5, 5.41) is 3.54. The SMILES string of the molecule is CCCCCCCN1C(=O)CC(C(=O)Nc2ccc(OCC)cc2)SC1=Nc1ccc(Cl)cc1. The summed E-state index contributed by atoms with van der Waals surface area (Å²) in [7, 11) is 0. The molecule has 2 amide bonds. The maximum absolute atomic E-state index is 13.1. The van der Waals surface area contributed by atoms with Crippen molar-refractivity contribution in [2.24, 2.45) is 4.99 Å². The average Bonchev–Trinajstić information content (AvgIpc) is 2.83. The van der Waals surface area contributed by atoms with E-state index in [4.69, 9.17) is 21.3 Å². The van der Waals surface area contributed by atoms with Crippen molar-refractivity contribution in [2.75, 3.05) is 18.5 Å². The van der Waals surface area contributed by atoms with Crippen LogP contribution in [0, 0.1) is 0 Å². The van der Waals surface area contributed by atoms with Crippen molar-refractivity contribution >= 4 is 51.7 Å². The van der Waals surface area contributed by atoms with Gasteiger partial charge in [0, 0.05) is 23.7 Å². The van der Waals surface area contributed by atoms with Gasteiger partial charge in [0.05, 0.1) is 12.3 Å². The fourth-order valence-electron chi connectivity index (χ4n) is 3.58. The van der Waals surface area contributed by atoms with Crippen molar-refractivity contribution in [3.63, 3.8) is 0 Å². The zero-order valence-electron chi connectivity index (χ0n) is 19.8. The summed E-state index contributed by atoms with van der Waals surface area (Å²) in [5.41, 5.74) is 1.36. The minimum Gasteiger partial charge on any atom is -0.494 e. The molecule has 182 valence electrons. The first-order valence-corrected chi connectivity index (χ1v) is 13.1. The third-order valence-corrected chi connectivity index (χ3v) is 6.84. The van der Waals surface area contributed by atoms with Crippen LogP contribution in [0.4, 0.5) is 11.4 Å². The molecular weight excluding hydrogens is 470 g/mol. The number of halogens is 1. The van der Waals surface area contributed by atoms with Gasteiger partial charge in [-0.2, -0.15) is 0 Å². The van der Waals surface area contributed by atoms with Crippen LogP contribution in [-0.2, 0) is 9.59 Å². The van der Waals surface area contributed by atoms with Crippen LogP contribution in [0.1, 0.15) is 52.4 Å². The molecule has 0 radical (unpaired) electrons. The van der Waals surface area contributed by atoms with Gasteiger partial charge in [0.2, 0.25) is 11.8 Å². The third kappa shape index (κ3) is 7.77. The second kappa shape index (κ2) is 13.4. The quantitative estimate of drug-likeness (QED) is 0.349. The van der Waals surface area contributed by atoms with Crippen molar-refractivity contribution in [3.05, 3.63) is 53.6 Å². The van der Waals surface area contributed by atoms with Crippen LogP contribution in [-0.4, -0.2) is 40.3 Å². The maximum atomic E-state index is 13.1. The molecule has 1 saturated heterocycles. The lowest BCUT2D eigenvalue weighted by Crippen LogP contribution is -2.45. The molecule has 0 aromatic heterocycles. The van der Waals surface area contributed by atoms with Crippen LogP contribution in [0.25, 0.3) is 0 Å². The van der Waals surface area contributed by atoms with Crippen molar-refractivity contribution in [1.82, 2.24) is 4.90 Å². The Balaban J connectivity index is 1.72. The zero-order chi connectivity index (χ0) is 24.3. The van der Waals surface area contributed by atoms with E-state index in [0.29, 0.717) is 34.7 Å². The van der Waals surface area contributed by atoms with E-state index in [1.54, 1.807) is 29.2 Å². The fourth-order valence-corrected chi connectivity index (χ4v) is 4.84. The van der Waals surface area contributed by atoms with Crippen LogP contribution < -0.4 is 10.1 Å². The Bertz CT molecular complexity index is 980. The molecule has 1 N–H and O–H groups in total. The number of anilines is 1. The second-order valence-corrected chi connectivity index (χ2v) is 9.69. The van der Waals surface area contributed by atoms with E-state index in [1.807, 2.05) is 31.2 Å². The summed E-state index contributed by atoms with van der Waals surface area (Å²) in [6.45, 7) is 5.29. The summed E-state index contributed by atoms with van der Waals surface area (Å²) in [4.78, 5) is 32.5. The molecule has 8 heteroatoms. The van der Waals surface area contributed by atoms with E-state index in [0.717, 1.165) is 25.0 Å². The molecule has 1 heterocycles. The van der Waals surface area contributed by atoms with E-state index < -0.39 is 5.25 Å². The molecule has 2 aromatic carbocycles. The average molecular weight is 502 g/mol. The van der Waals surface area contributed by atoms with E-state index in [1.165, 1.54) is 24.6 Å². The summed E-state index contributed by atoms with van der Waals surface area (Å²) in [5.74, 6) is 0.456. The van der Waals surface area contributed by atoms with Crippen LogP contribution in [0.2, 0.25) is 5.02 Å². The number of ether oxygens (including phenoxy) is 1. The fraction of sp³-hybridized carbons (Fsp3) is 0.423. The van der Waals surface area contributed by atoms with Crippen LogP contribution in [0.15, 0.2) is 53.5 Å². The lowest BCUT2D eigenvalue weighted by molar-refractivity contribution is -0.129. The first-order chi connectivity index (χ1) is 16.5. The van der Waals surface area contributed by atoms with E-state index >= 15 is 0 Å². The number of amides is 2. The number of hydrogen-bond acceptors (Lipinski definition) is 5. The van der Waals surface area contributed by atoms with Crippen molar-refractivity contribution in [2.45, 2.75) is 57.6 Å². The highest BCUT2D eigenvalue weighted by Crippen LogP contribution is 2.31. The Morgan fingerprint density at radius 2 is 1.79 bits per heavy atom. The number of benzene rings is 2. The zero-order valence-corrected chi connectivity index (χ0v) is 21.3. The van der Waals surface area contributed by atoms with Gasteiger partial charge >= 0.3 is 0 Å². The third-order valence-electron chi connectivity index (χ3n) is 5.40. The molecule has 0 spiro atoms. The van der Waals surface area contributed by atoms with E-state index in [2.05, 4.69) is 12.2 Å². The smallest absolute Gasteiger partial charge is 0.238 e. The number of thioether (sulfide) groups is 1. The predicted octanol–water partition coefficient (Wildman–Crippen LogP) is 6.67. The van der Waals surface area contributed by atoms with Crippen LogP contribution in [0.5, 0.6) is 5.75 Å². The molecule has 2 aromatic rings. The number of carbonyl (C=O) groups excluding carboxylic acids is 2. The van der Waals surface area contributed by atoms with Gasteiger partial charge < -0.3 is 10.1 Å². The topological polar surface area (TPSA) is 71.0 Å². The number of amidine groups is 1. The van der Waals surface area contributed by atoms with Crippen molar-refractivity contribution < 1.29 is 14.3 Å². The highest BCUT2D eigenvalue weighted by molar-refractivity contribution is 8.15. The van der Waals surface area contributed by atoms with Crippen molar-refractivity contribution in [1.29, 1.82) is 0 Å². The molecule has 0 aliphatic carbocycles. The van der Waals surface area contributed by atoms with Crippen LogP contribution >= 0.6 is 23.4 Å². The molecule has 0 bridgehead atoms. The predicted molar refractivity (Wildman–Crippen MR) is 141 cm³/mol. The number of nitrogens with zero attached hydrogens (tertiary/aromatic N) is 2. The van der Waals surface area contributed by atoms with Gasteiger partial charge in [0.25, 0.3) is 0 Å². The molecular formula is C26H32ClN3O3S. The molecule has 6 nitrogen and oxygen atoms in total. The van der Waals surface area contributed by atoms with Gasteiger partial charge in [-0.1, -0.05) is 56.0 Å². The lowest BCUT2D eigenvalue weighted by Gasteiger charge is -2.32. The number of carbonyl (C=O) groups is 2. The molecule has 1 unspecified atom stereocenters. The number of nitrogens with one attached hydrogen (secondary N) is 1. The first-order valence-electron chi connectivity index (χ1n) is 11.8. The number of unbranched alkanes of at least 4 members (excludes halogenated alkanes) is 4. The highest BCUT2D eigenvalue weighted by atomic mass is 35.5.